The highest BCUT2D eigenvalue weighted by atomic mass is 16.5. The predicted molar refractivity (Wildman–Crippen MR) is 102 cm³/mol. The average Bonchev–Trinajstić information content (AvgIpc) is 3.19. The van der Waals surface area contributed by atoms with E-state index in [1.165, 1.54) is 4.90 Å². The van der Waals surface area contributed by atoms with E-state index in [1.807, 2.05) is 18.2 Å². The number of carbonyl (C=O) groups excluding carboxylic acids is 2. The van der Waals surface area contributed by atoms with Crippen LogP contribution in [0.4, 0.5) is 11.6 Å². The van der Waals surface area contributed by atoms with Gasteiger partial charge in [0.25, 0.3) is 0 Å². The number of aryl methyl sites for hydroxylation is 1. The van der Waals surface area contributed by atoms with Crippen molar-refractivity contribution in [3.8, 4) is 17.3 Å². The molecule has 0 radical (unpaired) electrons. The first-order chi connectivity index (χ1) is 13.6. The fraction of sp³-hybridized carbons (Fsp3) is 0.211. The second kappa shape index (κ2) is 7.47. The Morgan fingerprint density at radius 1 is 1.29 bits per heavy atom. The molecule has 2 aromatic heterocycles. The van der Waals surface area contributed by atoms with Gasteiger partial charge in [0.15, 0.2) is 5.82 Å². The molecule has 9 heteroatoms. The number of anilines is 2. The standard InChI is InChI=1S/C19H18N6O3/c1-28-13-7-5-12-6-8-17(27)25(15(12)10-13)11-16(26)21-19-22-18(23-24-19)14-4-2-3-9-20-14/h2-5,7,9-10H,6,8,11H2,1H3,(H2,21,22,23,24,26). The van der Waals surface area contributed by atoms with Crippen LogP contribution in [-0.4, -0.2) is 45.6 Å². The van der Waals surface area contributed by atoms with Crippen molar-refractivity contribution in [3.63, 3.8) is 0 Å². The van der Waals surface area contributed by atoms with Crippen molar-refractivity contribution in [2.75, 3.05) is 23.9 Å². The maximum absolute atomic E-state index is 12.5. The van der Waals surface area contributed by atoms with Gasteiger partial charge in [-0.2, -0.15) is 4.98 Å². The number of nitrogens with zero attached hydrogens (tertiary/aromatic N) is 4. The summed E-state index contributed by atoms with van der Waals surface area (Å²) < 4.78 is 5.24. The van der Waals surface area contributed by atoms with Gasteiger partial charge < -0.3 is 9.64 Å². The van der Waals surface area contributed by atoms with E-state index in [2.05, 4.69) is 25.5 Å². The van der Waals surface area contributed by atoms with Crippen molar-refractivity contribution in [3.05, 3.63) is 48.2 Å². The molecule has 0 spiro atoms. The molecule has 2 N–H and O–H groups in total. The maximum atomic E-state index is 12.5. The third-order valence-electron chi connectivity index (χ3n) is 4.44. The largest absolute Gasteiger partial charge is 0.497 e. The van der Waals surface area contributed by atoms with Gasteiger partial charge in [0.05, 0.1) is 12.8 Å². The van der Waals surface area contributed by atoms with Crippen LogP contribution in [0.5, 0.6) is 5.75 Å². The first-order valence-corrected chi connectivity index (χ1v) is 8.75. The summed E-state index contributed by atoms with van der Waals surface area (Å²) in [5.74, 6) is 0.699. The number of fused-ring (bicyclic) bond motifs is 1. The zero-order valence-electron chi connectivity index (χ0n) is 15.2. The number of nitrogens with one attached hydrogen (secondary N) is 2. The van der Waals surface area contributed by atoms with Crippen LogP contribution >= 0.6 is 0 Å². The third kappa shape index (κ3) is 3.54. The van der Waals surface area contributed by atoms with E-state index >= 15 is 0 Å². The molecule has 0 saturated carbocycles. The van der Waals surface area contributed by atoms with Crippen molar-refractivity contribution < 1.29 is 14.3 Å². The molecule has 1 aliphatic rings. The van der Waals surface area contributed by atoms with Gasteiger partial charge >= 0.3 is 0 Å². The molecule has 3 heterocycles. The van der Waals surface area contributed by atoms with E-state index < -0.39 is 5.91 Å². The number of methoxy groups -OCH3 is 1. The van der Waals surface area contributed by atoms with Crippen LogP contribution in [0.1, 0.15) is 12.0 Å². The number of aromatic amines is 1. The number of aromatic nitrogens is 4. The summed E-state index contributed by atoms with van der Waals surface area (Å²) >= 11 is 0. The summed E-state index contributed by atoms with van der Waals surface area (Å²) in [6.07, 6.45) is 2.64. The third-order valence-corrected chi connectivity index (χ3v) is 4.44. The molecule has 0 aliphatic carbocycles. The Balaban J connectivity index is 1.49. The summed E-state index contributed by atoms with van der Waals surface area (Å²) in [5.41, 5.74) is 2.31. The van der Waals surface area contributed by atoms with Crippen LogP contribution in [0.3, 0.4) is 0 Å². The number of rotatable bonds is 5. The Morgan fingerprint density at radius 3 is 2.96 bits per heavy atom. The molecule has 0 bridgehead atoms. The van der Waals surface area contributed by atoms with Crippen molar-refractivity contribution in [2.24, 2.45) is 0 Å². The van der Waals surface area contributed by atoms with Crippen LogP contribution < -0.4 is 15.0 Å². The van der Waals surface area contributed by atoms with E-state index in [0.29, 0.717) is 35.8 Å². The topological polar surface area (TPSA) is 113 Å². The number of H-pyrrole nitrogens is 1. The lowest BCUT2D eigenvalue weighted by Crippen LogP contribution is -2.41. The summed E-state index contributed by atoms with van der Waals surface area (Å²) in [5, 5.41) is 9.33. The van der Waals surface area contributed by atoms with Crippen LogP contribution in [0, 0.1) is 0 Å². The van der Waals surface area contributed by atoms with E-state index in [-0.39, 0.29) is 18.4 Å². The van der Waals surface area contributed by atoms with Gasteiger partial charge in [-0.3, -0.25) is 25.0 Å². The Bertz CT molecular complexity index is 1020. The highest BCUT2D eigenvalue weighted by Gasteiger charge is 2.26. The van der Waals surface area contributed by atoms with Gasteiger partial charge in [-0.25, -0.2) is 0 Å². The van der Waals surface area contributed by atoms with Crippen LogP contribution in [-0.2, 0) is 16.0 Å². The average molecular weight is 378 g/mol. The monoisotopic (exact) mass is 378 g/mol. The van der Waals surface area contributed by atoms with E-state index in [4.69, 9.17) is 4.74 Å². The zero-order chi connectivity index (χ0) is 19.5. The smallest absolute Gasteiger partial charge is 0.249 e. The molecular formula is C19H18N6O3. The minimum atomic E-state index is -0.393. The molecule has 142 valence electrons. The SMILES string of the molecule is COc1ccc2c(c1)N(CC(=O)Nc1n[nH]c(-c3ccccn3)n1)C(=O)CC2. The molecular weight excluding hydrogens is 360 g/mol. The number of benzene rings is 1. The first-order valence-electron chi connectivity index (χ1n) is 8.75. The lowest BCUT2D eigenvalue weighted by Gasteiger charge is -2.29. The highest BCUT2D eigenvalue weighted by Crippen LogP contribution is 2.31. The van der Waals surface area contributed by atoms with Gasteiger partial charge in [-0.05, 0) is 30.2 Å². The number of hydrogen-bond donors (Lipinski definition) is 2. The van der Waals surface area contributed by atoms with E-state index in [9.17, 15) is 9.59 Å². The molecule has 28 heavy (non-hydrogen) atoms. The minimum Gasteiger partial charge on any atom is -0.497 e. The van der Waals surface area contributed by atoms with Crippen molar-refractivity contribution in [1.29, 1.82) is 0 Å². The van der Waals surface area contributed by atoms with Crippen molar-refractivity contribution in [2.45, 2.75) is 12.8 Å². The summed E-state index contributed by atoms with van der Waals surface area (Å²) in [7, 11) is 1.56. The summed E-state index contributed by atoms with van der Waals surface area (Å²) in [4.78, 5) is 34.7. The number of pyridine rings is 1. The van der Waals surface area contributed by atoms with Crippen LogP contribution in [0.25, 0.3) is 11.5 Å². The lowest BCUT2D eigenvalue weighted by molar-refractivity contribution is -0.121. The van der Waals surface area contributed by atoms with Crippen LogP contribution in [0.15, 0.2) is 42.6 Å². The van der Waals surface area contributed by atoms with Gasteiger partial charge in [0.2, 0.25) is 17.8 Å². The number of ether oxygens (including phenoxy) is 1. The molecule has 3 aromatic rings. The minimum absolute atomic E-state index is 0.111. The second-order valence-corrected chi connectivity index (χ2v) is 6.25. The van der Waals surface area contributed by atoms with Crippen molar-refractivity contribution in [1.82, 2.24) is 20.2 Å². The van der Waals surface area contributed by atoms with Gasteiger partial charge in [-0.15, -0.1) is 5.10 Å². The first kappa shape index (κ1) is 17.7. The molecule has 0 fully saturated rings. The predicted octanol–water partition coefficient (Wildman–Crippen LogP) is 1.79. The van der Waals surface area contributed by atoms with E-state index in [1.54, 1.807) is 31.5 Å². The fourth-order valence-electron chi connectivity index (χ4n) is 3.06. The molecule has 1 aromatic carbocycles. The lowest BCUT2D eigenvalue weighted by atomic mass is 10.0. The molecule has 4 rings (SSSR count). The number of amides is 2. The molecule has 9 nitrogen and oxygen atoms in total. The number of hydrogen-bond acceptors (Lipinski definition) is 6. The molecule has 0 saturated heterocycles. The summed E-state index contributed by atoms with van der Waals surface area (Å²) in [6.45, 7) is -0.132. The Labute approximate surface area is 160 Å². The second-order valence-electron chi connectivity index (χ2n) is 6.25. The Kier molecular flexibility index (Phi) is 4.71. The Morgan fingerprint density at radius 2 is 2.18 bits per heavy atom. The molecule has 0 unspecified atom stereocenters. The van der Waals surface area contributed by atoms with E-state index in [0.717, 1.165) is 5.56 Å². The van der Waals surface area contributed by atoms with Crippen LogP contribution in [0.2, 0.25) is 0 Å². The zero-order valence-corrected chi connectivity index (χ0v) is 15.2. The molecule has 1 aliphatic heterocycles. The normalized spacial score (nSPS) is 13.2. The molecule has 0 atom stereocenters. The summed E-state index contributed by atoms with van der Waals surface area (Å²) in [6, 6.07) is 10.9. The quantitative estimate of drug-likeness (QED) is 0.700. The van der Waals surface area contributed by atoms with Gasteiger partial charge in [0.1, 0.15) is 18.0 Å². The highest BCUT2D eigenvalue weighted by molar-refractivity contribution is 6.03. The fourth-order valence-corrected chi connectivity index (χ4v) is 3.06. The Hall–Kier alpha value is -3.75. The van der Waals surface area contributed by atoms with Gasteiger partial charge in [-0.1, -0.05) is 12.1 Å². The number of carbonyl (C=O) groups is 2. The van der Waals surface area contributed by atoms with Gasteiger partial charge in [0, 0.05) is 18.7 Å². The maximum Gasteiger partial charge on any atom is 0.249 e. The molecule has 2 amide bonds. The van der Waals surface area contributed by atoms with Crippen molar-refractivity contribution >= 4 is 23.5 Å².